The minimum atomic E-state index is -0.286. The van der Waals surface area contributed by atoms with Crippen molar-refractivity contribution in [2.45, 2.75) is 0 Å². The summed E-state index contributed by atoms with van der Waals surface area (Å²) in [4.78, 5) is 12.4. The van der Waals surface area contributed by atoms with E-state index in [9.17, 15) is 4.79 Å². The molecule has 2 heterocycles. The van der Waals surface area contributed by atoms with Crippen LogP contribution in [0.15, 0.2) is 17.5 Å². The molecule has 0 bridgehead atoms. The SMILES string of the molecule is COC(=O)c1cc2ccsc2n1C. The molecule has 68 valence electrons. The Morgan fingerprint density at radius 2 is 2.38 bits per heavy atom. The van der Waals surface area contributed by atoms with E-state index >= 15 is 0 Å². The zero-order chi connectivity index (χ0) is 9.42. The number of nitrogens with zero attached hydrogens (tertiary/aromatic N) is 1. The number of aromatic nitrogens is 1. The van der Waals surface area contributed by atoms with Crippen LogP contribution in [-0.4, -0.2) is 17.6 Å². The van der Waals surface area contributed by atoms with Gasteiger partial charge in [-0.1, -0.05) is 0 Å². The Labute approximate surface area is 79.5 Å². The molecule has 2 rings (SSSR count). The van der Waals surface area contributed by atoms with Crippen LogP contribution >= 0.6 is 11.3 Å². The maximum Gasteiger partial charge on any atom is 0.354 e. The van der Waals surface area contributed by atoms with E-state index in [2.05, 4.69) is 4.74 Å². The van der Waals surface area contributed by atoms with Gasteiger partial charge < -0.3 is 9.30 Å². The van der Waals surface area contributed by atoms with Gasteiger partial charge in [-0.25, -0.2) is 4.79 Å². The van der Waals surface area contributed by atoms with Crippen LogP contribution in [0.1, 0.15) is 10.5 Å². The number of rotatable bonds is 1. The molecule has 0 aliphatic heterocycles. The molecule has 3 nitrogen and oxygen atoms in total. The van der Waals surface area contributed by atoms with Crippen molar-refractivity contribution >= 4 is 27.5 Å². The topological polar surface area (TPSA) is 31.2 Å². The van der Waals surface area contributed by atoms with Crippen LogP contribution in [0.25, 0.3) is 10.2 Å². The van der Waals surface area contributed by atoms with Crippen molar-refractivity contribution in [2.24, 2.45) is 7.05 Å². The lowest BCUT2D eigenvalue weighted by molar-refractivity contribution is 0.0590. The molecule has 0 aliphatic carbocycles. The van der Waals surface area contributed by atoms with Gasteiger partial charge in [-0.2, -0.15) is 0 Å². The molecule has 2 aromatic rings. The molecular formula is C9H9NO2S. The highest BCUT2D eigenvalue weighted by Gasteiger charge is 2.13. The molecule has 0 aliphatic rings. The first-order valence-corrected chi connectivity index (χ1v) is 4.73. The van der Waals surface area contributed by atoms with Gasteiger partial charge in [-0.3, -0.25) is 0 Å². The third-order valence-corrected chi connectivity index (χ3v) is 3.03. The van der Waals surface area contributed by atoms with Crippen LogP contribution < -0.4 is 0 Å². The fourth-order valence-corrected chi connectivity index (χ4v) is 2.21. The normalized spacial score (nSPS) is 10.6. The number of carbonyl (C=O) groups is 1. The summed E-state index contributed by atoms with van der Waals surface area (Å²) in [6, 6.07) is 3.84. The molecular weight excluding hydrogens is 186 g/mol. The smallest absolute Gasteiger partial charge is 0.354 e. The quantitative estimate of drug-likeness (QED) is 0.652. The largest absolute Gasteiger partial charge is 0.464 e. The van der Waals surface area contributed by atoms with E-state index in [1.165, 1.54) is 7.11 Å². The van der Waals surface area contributed by atoms with E-state index in [0.717, 1.165) is 10.2 Å². The number of hydrogen-bond donors (Lipinski definition) is 0. The average Bonchev–Trinajstić information content (AvgIpc) is 2.68. The lowest BCUT2D eigenvalue weighted by Crippen LogP contribution is -2.06. The summed E-state index contributed by atoms with van der Waals surface area (Å²) in [7, 11) is 3.26. The Hall–Kier alpha value is -1.29. The molecule has 0 N–H and O–H groups in total. The Morgan fingerprint density at radius 1 is 1.62 bits per heavy atom. The van der Waals surface area contributed by atoms with Crippen molar-refractivity contribution in [1.29, 1.82) is 0 Å². The van der Waals surface area contributed by atoms with E-state index in [0.29, 0.717) is 5.69 Å². The van der Waals surface area contributed by atoms with Crippen LogP contribution in [0, 0.1) is 0 Å². The Kier molecular flexibility index (Phi) is 1.84. The van der Waals surface area contributed by atoms with E-state index < -0.39 is 0 Å². The first-order valence-electron chi connectivity index (χ1n) is 3.85. The van der Waals surface area contributed by atoms with E-state index in [-0.39, 0.29) is 5.97 Å². The predicted molar refractivity (Wildman–Crippen MR) is 52.1 cm³/mol. The number of thiophene rings is 1. The molecule has 0 fully saturated rings. The van der Waals surface area contributed by atoms with E-state index in [1.54, 1.807) is 11.3 Å². The van der Waals surface area contributed by atoms with Crippen LogP contribution in [0.3, 0.4) is 0 Å². The highest BCUT2D eigenvalue weighted by Crippen LogP contribution is 2.24. The van der Waals surface area contributed by atoms with Gasteiger partial charge in [0.1, 0.15) is 10.5 Å². The molecule has 0 radical (unpaired) electrons. The minimum Gasteiger partial charge on any atom is -0.464 e. The van der Waals surface area contributed by atoms with Gasteiger partial charge in [0.05, 0.1) is 7.11 Å². The van der Waals surface area contributed by atoms with Crippen LogP contribution in [-0.2, 0) is 11.8 Å². The molecule has 0 atom stereocenters. The lowest BCUT2D eigenvalue weighted by atomic mass is 10.3. The van der Waals surface area contributed by atoms with Crippen molar-refractivity contribution in [3.63, 3.8) is 0 Å². The third kappa shape index (κ3) is 1.14. The standard InChI is InChI=1S/C9H9NO2S/c1-10-7(9(11)12-2)5-6-3-4-13-8(6)10/h3-5H,1-2H3. The molecule has 0 saturated heterocycles. The number of fused-ring (bicyclic) bond motifs is 1. The molecule has 0 aromatic carbocycles. The third-order valence-electron chi connectivity index (χ3n) is 2.03. The minimum absolute atomic E-state index is 0.286. The zero-order valence-electron chi connectivity index (χ0n) is 7.40. The summed E-state index contributed by atoms with van der Waals surface area (Å²) < 4.78 is 6.51. The lowest BCUT2D eigenvalue weighted by Gasteiger charge is -1.99. The van der Waals surface area contributed by atoms with E-state index in [1.807, 2.05) is 29.1 Å². The van der Waals surface area contributed by atoms with Gasteiger partial charge in [0.2, 0.25) is 0 Å². The van der Waals surface area contributed by atoms with Gasteiger partial charge in [0.15, 0.2) is 0 Å². The summed E-state index contributed by atoms with van der Waals surface area (Å²) in [6.45, 7) is 0. The maximum absolute atomic E-state index is 11.3. The van der Waals surface area contributed by atoms with Crippen molar-refractivity contribution in [1.82, 2.24) is 4.57 Å². The first kappa shape index (κ1) is 8.31. The second kappa shape index (κ2) is 2.88. The summed E-state index contributed by atoms with van der Waals surface area (Å²) in [6.07, 6.45) is 0. The highest BCUT2D eigenvalue weighted by atomic mass is 32.1. The Bertz CT molecular complexity index is 455. The number of hydrogen-bond acceptors (Lipinski definition) is 3. The maximum atomic E-state index is 11.3. The first-order chi connectivity index (χ1) is 6.24. The van der Waals surface area contributed by atoms with Crippen LogP contribution in [0.4, 0.5) is 0 Å². The monoisotopic (exact) mass is 195 g/mol. The van der Waals surface area contributed by atoms with Gasteiger partial charge in [0, 0.05) is 12.4 Å². The average molecular weight is 195 g/mol. The van der Waals surface area contributed by atoms with Crippen molar-refractivity contribution in [2.75, 3.05) is 7.11 Å². The van der Waals surface area contributed by atoms with Crippen molar-refractivity contribution in [3.8, 4) is 0 Å². The Morgan fingerprint density at radius 3 is 3.00 bits per heavy atom. The number of esters is 1. The van der Waals surface area contributed by atoms with Gasteiger partial charge in [0.25, 0.3) is 0 Å². The fraction of sp³-hybridized carbons (Fsp3) is 0.222. The molecule has 0 amide bonds. The summed E-state index contributed by atoms with van der Waals surface area (Å²) in [5.41, 5.74) is 0.601. The molecule has 0 saturated carbocycles. The molecule has 0 unspecified atom stereocenters. The summed E-state index contributed by atoms with van der Waals surface area (Å²) in [5, 5.41) is 3.10. The van der Waals surface area contributed by atoms with Crippen LogP contribution in [0.5, 0.6) is 0 Å². The fourth-order valence-electron chi connectivity index (χ4n) is 1.35. The van der Waals surface area contributed by atoms with Gasteiger partial charge >= 0.3 is 5.97 Å². The van der Waals surface area contributed by atoms with Gasteiger partial charge in [-0.15, -0.1) is 11.3 Å². The molecule has 2 aromatic heterocycles. The second-order valence-electron chi connectivity index (χ2n) is 2.76. The molecule has 13 heavy (non-hydrogen) atoms. The van der Waals surface area contributed by atoms with Crippen LogP contribution in [0.2, 0.25) is 0 Å². The number of aryl methyl sites for hydroxylation is 1. The Balaban J connectivity index is 2.64. The summed E-state index contributed by atoms with van der Waals surface area (Å²) >= 11 is 1.62. The molecule has 0 spiro atoms. The number of methoxy groups -OCH3 is 1. The van der Waals surface area contributed by atoms with Gasteiger partial charge in [-0.05, 0) is 17.5 Å². The highest BCUT2D eigenvalue weighted by molar-refractivity contribution is 7.16. The van der Waals surface area contributed by atoms with Crippen molar-refractivity contribution < 1.29 is 9.53 Å². The van der Waals surface area contributed by atoms with Crippen molar-refractivity contribution in [3.05, 3.63) is 23.2 Å². The summed E-state index contributed by atoms with van der Waals surface area (Å²) in [5.74, 6) is -0.286. The molecule has 4 heteroatoms. The zero-order valence-corrected chi connectivity index (χ0v) is 8.22. The van der Waals surface area contributed by atoms with E-state index in [4.69, 9.17) is 0 Å². The number of carbonyl (C=O) groups excluding carboxylic acids is 1. The second-order valence-corrected chi connectivity index (χ2v) is 3.66. The number of ether oxygens (including phenoxy) is 1. The predicted octanol–water partition coefficient (Wildman–Crippen LogP) is 2.03.